The molecule has 7 heteroatoms. The topological polar surface area (TPSA) is 97.5 Å². The zero-order chi connectivity index (χ0) is 15.6. The van der Waals surface area contributed by atoms with E-state index >= 15 is 0 Å². The highest BCUT2D eigenvalue weighted by Gasteiger charge is 2.26. The van der Waals surface area contributed by atoms with Crippen LogP contribution in [0.2, 0.25) is 0 Å². The molecule has 0 bridgehead atoms. The maximum Gasteiger partial charge on any atom is 0.253 e. The Labute approximate surface area is 123 Å². The highest BCUT2D eigenvalue weighted by molar-refractivity contribution is 7.90. The van der Waals surface area contributed by atoms with E-state index in [1.165, 1.54) is 24.3 Å². The molecule has 1 heterocycles. The van der Waals surface area contributed by atoms with E-state index < -0.39 is 9.84 Å². The molecule has 1 aliphatic heterocycles. The number of nitrogens with two attached hydrogens (primary N) is 1. The minimum atomic E-state index is -3.26. The fourth-order valence-corrected chi connectivity index (χ4v) is 3.02. The molecule has 0 spiro atoms. The van der Waals surface area contributed by atoms with Crippen LogP contribution in [0.15, 0.2) is 29.2 Å². The first-order chi connectivity index (χ1) is 9.79. The molecule has 6 nitrogen and oxygen atoms in total. The van der Waals surface area contributed by atoms with Crippen LogP contribution in [0.5, 0.6) is 0 Å². The lowest BCUT2D eigenvalue weighted by Gasteiger charge is -2.30. The molecular formula is C14H18N2O4S. The van der Waals surface area contributed by atoms with Crippen molar-refractivity contribution in [1.29, 1.82) is 0 Å². The molecule has 2 rings (SSSR count). The van der Waals surface area contributed by atoms with Gasteiger partial charge in [0.1, 0.15) is 0 Å². The van der Waals surface area contributed by atoms with Gasteiger partial charge < -0.3 is 10.6 Å². The van der Waals surface area contributed by atoms with Crippen LogP contribution < -0.4 is 5.73 Å². The number of nitrogens with zero attached hydrogens (tertiary/aromatic N) is 1. The van der Waals surface area contributed by atoms with Gasteiger partial charge in [0.2, 0.25) is 5.91 Å². The van der Waals surface area contributed by atoms with Crippen LogP contribution in [0.3, 0.4) is 0 Å². The van der Waals surface area contributed by atoms with Crippen molar-refractivity contribution in [1.82, 2.24) is 4.90 Å². The number of primary amides is 1. The molecule has 1 aliphatic rings. The second-order valence-electron chi connectivity index (χ2n) is 5.27. The summed E-state index contributed by atoms with van der Waals surface area (Å²) in [7, 11) is -3.26. The Kier molecular flexibility index (Phi) is 4.32. The molecule has 1 aromatic rings. The SMILES string of the molecule is CS(=O)(=O)c1ccc(C(=O)N2CCC(C(N)=O)CC2)cc1. The molecule has 1 fully saturated rings. The average Bonchev–Trinajstić information content (AvgIpc) is 2.46. The summed E-state index contributed by atoms with van der Waals surface area (Å²) in [6.07, 6.45) is 2.27. The molecule has 0 radical (unpaired) electrons. The second-order valence-corrected chi connectivity index (χ2v) is 7.28. The largest absolute Gasteiger partial charge is 0.369 e. The number of rotatable bonds is 3. The smallest absolute Gasteiger partial charge is 0.253 e. The van der Waals surface area contributed by atoms with Crippen LogP contribution >= 0.6 is 0 Å². The molecular weight excluding hydrogens is 292 g/mol. The third-order valence-corrected chi connectivity index (χ3v) is 4.84. The summed E-state index contributed by atoms with van der Waals surface area (Å²) in [5.74, 6) is -0.640. The van der Waals surface area contributed by atoms with Gasteiger partial charge in [-0.15, -0.1) is 0 Å². The molecule has 21 heavy (non-hydrogen) atoms. The number of hydrogen-bond donors (Lipinski definition) is 1. The Morgan fingerprint density at radius 3 is 2.10 bits per heavy atom. The summed E-state index contributed by atoms with van der Waals surface area (Å²) in [4.78, 5) is 25.2. The molecule has 0 aromatic heterocycles. The van der Waals surface area contributed by atoms with E-state index in [-0.39, 0.29) is 22.6 Å². The zero-order valence-electron chi connectivity index (χ0n) is 11.8. The first kappa shape index (κ1) is 15.5. The number of benzene rings is 1. The highest BCUT2D eigenvalue weighted by Crippen LogP contribution is 2.19. The van der Waals surface area contributed by atoms with Gasteiger partial charge >= 0.3 is 0 Å². The molecule has 114 valence electrons. The lowest BCUT2D eigenvalue weighted by Crippen LogP contribution is -2.41. The number of hydrogen-bond acceptors (Lipinski definition) is 4. The zero-order valence-corrected chi connectivity index (χ0v) is 12.6. The fourth-order valence-electron chi connectivity index (χ4n) is 2.39. The van der Waals surface area contributed by atoms with Crippen molar-refractivity contribution in [3.8, 4) is 0 Å². The standard InChI is InChI=1S/C14H18N2O4S/c1-21(19,20)12-4-2-11(3-5-12)14(18)16-8-6-10(7-9-16)13(15)17/h2-5,10H,6-9H2,1H3,(H2,15,17). The van der Waals surface area contributed by atoms with Gasteiger partial charge in [-0.25, -0.2) is 8.42 Å². The van der Waals surface area contributed by atoms with E-state index in [4.69, 9.17) is 5.73 Å². The van der Waals surface area contributed by atoms with E-state index in [2.05, 4.69) is 0 Å². The van der Waals surface area contributed by atoms with Crippen molar-refractivity contribution in [2.75, 3.05) is 19.3 Å². The molecule has 2 N–H and O–H groups in total. The van der Waals surface area contributed by atoms with Gasteiger partial charge in [-0.2, -0.15) is 0 Å². The monoisotopic (exact) mass is 310 g/mol. The lowest BCUT2D eigenvalue weighted by atomic mass is 9.96. The van der Waals surface area contributed by atoms with E-state index in [1.54, 1.807) is 4.90 Å². The van der Waals surface area contributed by atoms with Gasteiger partial charge in [0, 0.05) is 30.8 Å². The van der Waals surface area contributed by atoms with Gasteiger partial charge in [0.05, 0.1) is 4.90 Å². The Hall–Kier alpha value is -1.89. The fraction of sp³-hybridized carbons (Fsp3) is 0.429. The molecule has 1 saturated heterocycles. The van der Waals surface area contributed by atoms with Gasteiger partial charge in [0.15, 0.2) is 9.84 Å². The Balaban J connectivity index is 2.06. The van der Waals surface area contributed by atoms with Crippen molar-refractivity contribution in [2.45, 2.75) is 17.7 Å². The van der Waals surface area contributed by atoms with Gasteiger partial charge in [-0.3, -0.25) is 9.59 Å². The second kappa shape index (κ2) is 5.85. The van der Waals surface area contributed by atoms with Crippen molar-refractivity contribution >= 4 is 21.7 Å². The van der Waals surface area contributed by atoms with Crippen LogP contribution in [-0.2, 0) is 14.6 Å². The van der Waals surface area contributed by atoms with Crippen LogP contribution in [0.1, 0.15) is 23.2 Å². The van der Waals surface area contributed by atoms with Crippen molar-refractivity contribution in [3.63, 3.8) is 0 Å². The van der Waals surface area contributed by atoms with Crippen molar-refractivity contribution < 1.29 is 18.0 Å². The van der Waals surface area contributed by atoms with Gasteiger partial charge in [-0.1, -0.05) is 0 Å². The third-order valence-electron chi connectivity index (χ3n) is 3.71. The minimum Gasteiger partial charge on any atom is -0.369 e. The number of carbonyl (C=O) groups excluding carboxylic acids is 2. The minimum absolute atomic E-state index is 0.155. The van der Waals surface area contributed by atoms with Crippen LogP contribution in [-0.4, -0.2) is 44.5 Å². The average molecular weight is 310 g/mol. The summed E-state index contributed by atoms with van der Waals surface area (Å²) in [5, 5.41) is 0. The summed E-state index contributed by atoms with van der Waals surface area (Å²) < 4.78 is 22.8. The van der Waals surface area contributed by atoms with Gasteiger partial charge in [-0.05, 0) is 37.1 Å². The van der Waals surface area contributed by atoms with E-state index in [9.17, 15) is 18.0 Å². The third kappa shape index (κ3) is 3.60. The Morgan fingerprint density at radius 1 is 1.14 bits per heavy atom. The predicted octanol–water partition coefficient (Wildman–Crippen LogP) is 0.428. The van der Waals surface area contributed by atoms with Crippen LogP contribution in [0.4, 0.5) is 0 Å². The van der Waals surface area contributed by atoms with Crippen molar-refractivity contribution in [2.24, 2.45) is 11.7 Å². The number of carbonyl (C=O) groups is 2. The summed E-state index contributed by atoms with van der Waals surface area (Å²) in [5.41, 5.74) is 5.70. The molecule has 0 saturated carbocycles. The van der Waals surface area contributed by atoms with Crippen LogP contribution in [0.25, 0.3) is 0 Å². The Bertz CT molecular complexity index is 644. The molecule has 0 unspecified atom stereocenters. The van der Waals surface area contributed by atoms with E-state index in [0.29, 0.717) is 31.5 Å². The Morgan fingerprint density at radius 2 is 1.67 bits per heavy atom. The maximum absolute atomic E-state index is 12.3. The van der Waals surface area contributed by atoms with Crippen molar-refractivity contribution in [3.05, 3.63) is 29.8 Å². The summed E-state index contributed by atoms with van der Waals surface area (Å²) in [6.45, 7) is 0.973. The molecule has 0 atom stereocenters. The number of amides is 2. The lowest BCUT2D eigenvalue weighted by molar-refractivity contribution is -0.123. The number of likely N-dealkylation sites (tertiary alicyclic amines) is 1. The maximum atomic E-state index is 12.3. The first-order valence-corrected chi connectivity index (χ1v) is 8.57. The molecule has 0 aliphatic carbocycles. The predicted molar refractivity (Wildman–Crippen MR) is 77.4 cm³/mol. The van der Waals surface area contributed by atoms with Crippen LogP contribution in [0, 0.1) is 5.92 Å². The summed E-state index contributed by atoms with van der Waals surface area (Å²) in [6, 6.07) is 5.88. The van der Waals surface area contributed by atoms with E-state index in [0.717, 1.165) is 6.26 Å². The first-order valence-electron chi connectivity index (χ1n) is 6.68. The van der Waals surface area contributed by atoms with Gasteiger partial charge in [0.25, 0.3) is 5.91 Å². The quantitative estimate of drug-likeness (QED) is 0.875. The highest BCUT2D eigenvalue weighted by atomic mass is 32.2. The number of piperidine rings is 1. The molecule has 2 amide bonds. The normalized spacial score (nSPS) is 16.7. The summed E-state index contributed by atoms with van der Waals surface area (Å²) >= 11 is 0. The molecule has 1 aromatic carbocycles. The van der Waals surface area contributed by atoms with E-state index in [1.807, 2.05) is 0 Å². The number of sulfone groups is 1.